The van der Waals surface area contributed by atoms with Crippen LogP contribution in [0.15, 0.2) is 0 Å². The molecule has 7 heteroatoms. The number of nitrogens with one attached hydrogen (secondary N) is 2. The Bertz CT molecular complexity index is 319. The molecule has 0 aliphatic rings. The van der Waals surface area contributed by atoms with E-state index in [1.165, 1.54) is 0 Å². The molecule has 0 aliphatic carbocycles. The Morgan fingerprint density at radius 3 is 2.25 bits per heavy atom. The average molecular weight is 252 g/mol. The predicted molar refractivity (Wildman–Crippen MR) is 61.6 cm³/mol. The van der Waals surface area contributed by atoms with Gasteiger partial charge in [0.05, 0.1) is 12.8 Å². The minimum Gasteiger partial charge on any atom is -0.459 e. The van der Waals surface area contributed by atoms with Gasteiger partial charge in [-0.15, -0.1) is 0 Å². The first-order chi connectivity index (χ1) is 7.10. The van der Waals surface area contributed by atoms with Crippen LogP contribution >= 0.6 is 0 Å². The topological polar surface area (TPSA) is 84.5 Å². The van der Waals surface area contributed by atoms with Gasteiger partial charge in [-0.05, 0) is 20.8 Å². The first kappa shape index (κ1) is 15.3. The summed E-state index contributed by atoms with van der Waals surface area (Å²) in [5.41, 5.74) is -0.496. The van der Waals surface area contributed by atoms with E-state index in [1.54, 1.807) is 20.8 Å². The molecule has 0 heterocycles. The molecule has 0 bridgehead atoms. The number of hydrogen-bond acceptors (Lipinski definition) is 5. The van der Waals surface area contributed by atoms with Gasteiger partial charge in [0.15, 0.2) is 0 Å². The molecule has 2 N–H and O–H groups in total. The van der Waals surface area contributed by atoms with Gasteiger partial charge in [0.1, 0.15) is 5.60 Å². The van der Waals surface area contributed by atoms with Gasteiger partial charge in [-0.1, -0.05) is 0 Å². The van der Waals surface area contributed by atoms with E-state index in [0.29, 0.717) is 6.54 Å². The van der Waals surface area contributed by atoms with Crippen LogP contribution in [0.4, 0.5) is 0 Å². The fourth-order valence-corrected chi connectivity index (χ4v) is 1.37. The van der Waals surface area contributed by atoms with Crippen molar-refractivity contribution >= 4 is 16.0 Å². The number of hydrogen-bond donors (Lipinski definition) is 2. The number of esters is 1. The summed E-state index contributed by atoms with van der Waals surface area (Å²) < 4.78 is 28.7. The molecular weight excluding hydrogens is 232 g/mol. The molecular formula is C9H20N2O4S. The summed E-state index contributed by atoms with van der Waals surface area (Å²) in [6, 6.07) is 0. The van der Waals surface area contributed by atoms with Crippen molar-refractivity contribution in [2.45, 2.75) is 26.4 Å². The molecule has 0 aromatic heterocycles. The van der Waals surface area contributed by atoms with Crippen LogP contribution in [0.3, 0.4) is 0 Å². The van der Waals surface area contributed by atoms with Crippen LogP contribution in [0.2, 0.25) is 0 Å². The Hall–Kier alpha value is -0.660. The minimum absolute atomic E-state index is 0.0721. The van der Waals surface area contributed by atoms with E-state index >= 15 is 0 Å². The highest BCUT2D eigenvalue weighted by Crippen LogP contribution is 2.05. The number of carbonyl (C=O) groups is 1. The lowest BCUT2D eigenvalue weighted by Crippen LogP contribution is -2.36. The van der Waals surface area contributed by atoms with Crippen LogP contribution in [0.1, 0.15) is 20.8 Å². The van der Waals surface area contributed by atoms with E-state index in [-0.39, 0.29) is 19.1 Å². The molecule has 0 radical (unpaired) electrons. The lowest BCUT2D eigenvalue weighted by Gasteiger charge is -2.19. The molecule has 0 aromatic carbocycles. The SMILES string of the molecule is CC(C)(C)OC(=O)CNCCNS(C)(=O)=O. The van der Waals surface area contributed by atoms with Crippen molar-refractivity contribution in [1.82, 2.24) is 10.0 Å². The van der Waals surface area contributed by atoms with Gasteiger partial charge in [0.2, 0.25) is 10.0 Å². The van der Waals surface area contributed by atoms with Crippen LogP contribution in [0, 0.1) is 0 Å². The van der Waals surface area contributed by atoms with Crippen LogP contribution in [0.25, 0.3) is 0 Å². The monoisotopic (exact) mass is 252 g/mol. The average Bonchev–Trinajstić information content (AvgIpc) is 1.97. The van der Waals surface area contributed by atoms with Gasteiger partial charge in [-0.3, -0.25) is 4.79 Å². The van der Waals surface area contributed by atoms with Crippen molar-refractivity contribution < 1.29 is 17.9 Å². The molecule has 0 aromatic rings. The van der Waals surface area contributed by atoms with Gasteiger partial charge < -0.3 is 10.1 Å². The summed E-state index contributed by atoms with van der Waals surface area (Å²) in [6.45, 7) is 6.07. The second-order valence-corrected chi connectivity index (χ2v) is 6.26. The van der Waals surface area contributed by atoms with E-state index in [2.05, 4.69) is 10.0 Å². The molecule has 0 unspecified atom stereocenters. The highest BCUT2D eigenvalue weighted by molar-refractivity contribution is 7.88. The van der Waals surface area contributed by atoms with E-state index in [4.69, 9.17) is 4.74 Å². The smallest absolute Gasteiger partial charge is 0.320 e. The van der Waals surface area contributed by atoms with E-state index in [1.807, 2.05) is 0 Å². The molecule has 0 saturated heterocycles. The van der Waals surface area contributed by atoms with Crippen molar-refractivity contribution in [3.05, 3.63) is 0 Å². The second kappa shape index (κ2) is 6.17. The molecule has 96 valence electrons. The van der Waals surface area contributed by atoms with Gasteiger partial charge >= 0.3 is 5.97 Å². The zero-order chi connectivity index (χ0) is 12.8. The van der Waals surface area contributed by atoms with Crippen molar-refractivity contribution in [2.24, 2.45) is 0 Å². The molecule has 0 aliphatic heterocycles. The van der Waals surface area contributed by atoms with Crippen molar-refractivity contribution in [1.29, 1.82) is 0 Å². The first-order valence-corrected chi connectivity index (χ1v) is 6.86. The maximum Gasteiger partial charge on any atom is 0.320 e. The summed E-state index contributed by atoms with van der Waals surface area (Å²) in [6.07, 6.45) is 1.08. The fourth-order valence-electron chi connectivity index (χ4n) is 0.893. The lowest BCUT2D eigenvalue weighted by atomic mass is 10.2. The number of carbonyl (C=O) groups excluding carboxylic acids is 1. The van der Waals surface area contributed by atoms with Crippen LogP contribution in [0.5, 0.6) is 0 Å². The minimum atomic E-state index is -3.16. The Balaban J connectivity index is 3.57. The predicted octanol–water partition coefficient (Wildman–Crippen LogP) is -0.533. The molecule has 0 spiro atoms. The summed E-state index contributed by atoms with van der Waals surface area (Å²) in [4.78, 5) is 11.2. The fraction of sp³-hybridized carbons (Fsp3) is 0.889. The summed E-state index contributed by atoms with van der Waals surface area (Å²) >= 11 is 0. The molecule has 0 fully saturated rings. The molecule has 0 saturated carbocycles. The van der Waals surface area contributed by atoms with E-state index in [9.17, 15) is 13.2 Å². The van der Waals surface area contributed by atoms with Crippen molar-refractivity contribution in [3.63, 3.8) is 0 Å². The maximum atomic E-state index is 11.2. The molecule has 0 rings (SSSR count). The third-order valence-electron chi connectivity index (χ3n) is 1.36. The van der Waals surface area contributed by atoms with Gasteiger partial charge in [-0.25, -0.2) is 13.1 Å². The highest BCUT2D eigenvalue weighted by Gasteiger charge is 2.15. The normalized spacial score (nSPS) is 12.5. The first-order valence-electron chi connectivity index (χ1n) is 4.97. The lowest BCUT2D eigenvalue weighted by molar-refractivity contribution is -0.153. The van der Waals surface area contributed by atoms with Crippen LogP contribution in [-0.4, -0.2) is 45.9 Å². The number of sulfonamides is 1. The standard InChI is InChI=1S/C9H20N2O4S/c1-9(2,3)15-8(12)7-10-5-6-11-16(4,13)14/h10-11H,5-7H2,1-4H3. The zero-order valence-corrected chi connectivity index (χ0v) is 11.0. The highest BCUT2D eigenvalue weighted by atomic mass is 32.2. The second-order valence-electron chi connectivity index (χ2n) is 4.43. The number of ether oxygens (including phenoxy) is 1. The van der Waals surface area contributed by atoms with Crippen molar-refractivity contribution in [3.8, 4) is 0 Å². The third-order valence-corrected chi connectivity index (χ3v) is 2.08. The van der Waals surface area contributed by atoms with Gasteiger partial charge in [-0.2, -0.15) is 0 Å². The summed E-state index contributed by atoms with van der Waals surface area (Å²) in [5.74, 6) is -0.355. The molecule has 6 nitrogen and oxygen atoms in total. The zero-order valence-electron chi connectivity index (χ0n) is 10.2. The Morgan fingerprint density at radius 2 is 1.81 bits per heavy atom. The van der Waals surface area contributed by atoms with E-state index in [0.717, 1.165) is 6.26 Å². The summed E-state index contributed by atoms with van der Waals surface area (Å²) in [5, 5.41) is 2.78. The molecule has 0 amide bonds. The Labute approximate surface area is 96.8 Å². The quantitative estimate of drug-likeness (QED) is 0.490. The van der Waals surface area contributed by atoms with Gasteiger partial charge in [0, 0.05) is 13.1 Å². The molecule has 0 atom stereocenters. The van der Waals surface area contributed by atoms with Crippen molar-refractivity contribution in [2.75, 3.05) is 25.9 Å². The Morgan fingerprint density at radius 1 is 1.25 bits per heavy atom. The summed E-state index contributed by atoms with van der Waals surface area (Å²) in [7, 11) is -3.16. The van der Waals surface area contributed by atoms with E-state index < -0.39 is 15.6 Å². The van der Waals surface area contributed by atoms with Gasteiger partial charge in [0.25, 0.3) is 0 Å². The Kier molecular flexibility index (Phi) is 5.91. The van der Waals surface area contributed by atoms with Crippen LogP contribution in [-0.2, 0) is 19.6 Å². The largest absolute Gasteiger partial charge is 0.459 e. The van der Waals surface area contributed by atoms with Crippen LogP contribution < -0.4 is 10.0 Å². The third kappa shape index (κ3) is 11.4. The molecule has 16 heavy (non-hydrogen) atoms. The number of rotatable bonds is 6. The maximum absolute atomic E-state index is 11.2.